The fourth-order valence-corrected chi connectivity index (χ4v) is 3.04. The summed E-state index contributed by atoms with van der Waals surface area (Å²) in [5.41, 5.74) is 1.35. The molecule has 0 amide bonds. The van der Waals surface area contributed by atoms with Gasteiger partial charge in [0, 0.05) is 31.4 Å². The van der Waals surface area contributed by atoms with Crippen molar-refractivity contribution in [3.8, 4) is 0 Å². The number of aromatic nitrogens is 1. The summed E-state index contributed by atoms with van der Waals surface area (Å²) < 4.78 is 0. The number of nitrogens with one attached hydrogen (secondary N) is 1. The Morgan fingerprint density at radius 3 is 2.91 bits per heavy atom. The van der Waals surface area contributed by atoms with E-state index in [4.69, 9.17) is 0 Å². The molecule has 1 aliphatic rings. The number of rotatable bonds is 4. The predicted molar refractivity (Wildman–Crippen MR) is 87.1 cm³/mol. The average Bonchev–Trinajstić information content (AvgIpc) is 2.95. The first-order valence-electron chi connectivity index (χ1n) is 7.59. The average molecular weight is 300 g/mol. The SMILES string of the molecule is CC(C)N1CCC(Nc2ccc3ncccc3c2[N+](=O)[O-])C1. The van der Waals surface area contributed by atoms with Crippen LogP contribution in [0.4, 0.5) is 11.4 Å². The second-order valence-electron chi connectivity index (χ2n) is 6.01. The van der Waals surface area contributed by atoms with Crippen LogP contribution in [0, 0.1) is 10.1 Å². The molecule has 0 aliphatic carbocycles. The van der Waals surface area contributed by atoms with Crippen molar-refractivity contribution in [3.05, 3.63) is 40.6 Å². The van der Waals surface area contributed by atoms with Crippen LogP contribution in [0.15, 0.2) is 30.5 Å². The minimum Gasteiger partial charge on any atom is -0.375 e. The molecule has 116 valence electrons. The highest BCUT2D eigenvalue weighted by Crippen LogP contribution is 2.33. The molecular weight excluding hydrogens is 280 g/mol. The van der Waals surface area contributed by atoms with Crippen LogP contribution in [0.25, 0.3) is 10.9 Å². The molecule has 1 aliphatic heterocycles. The lowest BCUT2D eigenvalue weighted by Gasteiger charge is -2.21. The van der Waals surface area contributed by atoms with Crippen molar-refractivity contribution in [3.63, 3.8) is 0 Å². The lowest BCUT2D eigenvalue weighted by molar-refractivity contribution is -0.382. The summed E-state index contributed by atoms with van der Waals surface area (Å²) in [6, 6.07) is 7.83. The number of nitro benzene ring substituents is 1. The molecule has 6 nitrogen and oxygen atoms in total. The van der Waals surface area contributed by atoms with Gasteiger partial charge in [0.15, 0.2) is 0 Å². The zero-order chi connectivity index (χ0) is 15.7. The smallest absolute Gasteiger partial charge is 0.301 e. The molecule has 1 N–H and O–H groups in total. The molecule has 3 rings (SSSR count). The highest BCUT2D eigenvalue weighted by Gasteiger charge is 2.27. The van der Waals surface area contributed by atoms with Gasteiger partial charge in [-0.3, -0.25) is 20.0 Å². The number of likely N-dealkylation sites (tertiary alicyclic amines) is 1. The summed E-state index contributed by atoms with van der Waals surface area (Å²) in [6.45, 7) is 6.29. The molecule has 22 heavy (non-hydrogen) atoms. The molecule has 0 saturated carbocycles. The molecule has 2 heterocycles. The molecule has 1 fully saturated rings. The van der Waals surface area contributed by atoms with Crippen LogP contribution in [0.2, 0.25) is 0 Å². The van der Waals surface area contributed by atoms with E-state index < -0.39 is 0 Å². The number of pyridine rings is 1. The molecule has 0 radical (unpaired) electrons. The number of benzene rings is 1. The topological polar surface area (TPSA) is 71.3 Å². The molecule has 0 spiro atoms. The first-order chi connectivity index (χ1) is 10.6. The minimum absolute atomic E-state index is 0.119. The normalized spacial score (nSPS) is 19.0. The second kappa shape index (κ2) is 5.88. The molecule has 2 aromatic rings. The van der Waals surface area contributed by atoms with Crippen molar-refractivity contribution in [2.24, 2.45) is 0 Å². The summed E-state index contributed by atoms with van der Waals surface area (Å²) in [7, 11) is 0. The van der Waals surface area contributed by atoms with Gasteiger partial charge in [0.25, 0.3) is 0 Å². The molecule has 0 bridgehead atoms. The number of hydrogen-bond donors (Lipinski definition) is 1. The fourth-order valence-electron chi connectivity index (χ4n) is 3.04. The standard InChI is InChI=1S/C16H20N4O2/c1-11(2)19-9-7-12(10-19)18-15-6-5-14-13(4-3-8-17-14)16(15)20(21)22/h3-6,8,11-12,18H,7,9-10H2,1-2H3. The first kappa shape index (κ1) is 14.7. The zero-order valence-electron chi connectivity index (χ0n) is 12.8. The minimum atomic E-state index is -0.318. The van der Waals surface area contributed by atoms with Gasteiger partial charge in [-0.2, -0.15) is 0 Å². The number of nitrogens with zero attached hydrogens (tertiary/aromatic N) is 3. The van der Waals surface area contributed by atoms with Gasteiger partial charge < -0.3 is 5.32 Å². The summed E-state index contributed by atoms with van der Waals surface area (Å²) in [6.07, 6.45) is 2.65. The van der Waals surface area contributed by atoms with Crippen molar-refractivity contribution < 1.29 is 4.92 Å². The van der Waals surface area contributed by atoms with Gasteiger partial charge in [-0.15, -0.1) is 0 Å². The third-order valence-corrected chi connectivity index (χ3v) is 4.25. The predicted octanol–water partition coefficient (Wildman–Crippen LogP) is 3.04. The molecular formula is C16H20N4O2. The highest BCUT2D eigenvalue weighted by molar-refractivity contribution is 5.94. The van der Waals surface area contributed by atoms with Gasteiger partial charge in [0.05, 0.1) is 15.8 Å². The Morgan fingerprint density at radius 2 is 2.23 bits per heavy atom. The van der Waals surface area contributed by atoms with E-state index in [1.54, 1.807) is 24.4 Å². The summed E-state index contributed by atoms with van der Waals surface area (Å²) in [5, 5.41) is 15.4. The van der Waals surface area contributed by atoms with Gasteiger partial charge in [-0.05, 0) is 44.5 Å². The van der Waals surface area contributed by atoms with Crippen LogP contribution in [0.5, 0.6) is 0 Å². The van der Waals surface area contributed by atoms with Crippen molar-refractivity contribution >= 4 is 22.3 Å². The zero-order valence-corrected chi connectivity index (χ0v) is 12.8. The van der Waals surface area contributed by atoms with E-state index in [-0.39, 0.29) is 16.7 Å². The Kier molecular flexibility index (Phi) is 3.94. The summed E-state index contributed by atoms with van der Waals surface area (Å²) in [5.74, 6) is 0. The first-order valence-corrected chi connectivity index (χ1v) is 7.59. The van der Waals surface area contributed by atoms with Crippen LogP contribution < -0.4 is 5.32 Å². The molecule has 1 saturated heterocycles. The van der Waals surface area contributed by atoms with E-state index in [0.717, 1.165) is 19.5 Å². The van der Waals surface area contributed by atoms with E-state index in [0.29, 0.717) is 22.6 Å². The molecule has 1 aromatic carbocycles. The lowest BCUT2D eigenvalue weighted by atomic mass is 10.1. The Hall–Kier alpha value is -2.21. The number of fused-ring (bicyclic) bond motifs is 1. The monoisotopic (exact) mass is 300 g/mol. The molecule has 1 unspecified atom stereocenters. The van der Waals surface area contributed by atoms with E-state index in [1.807, 2.05) is 6.07 Å². The van der Waals surface area contributed by atoms with Gasteiger partial charge in [-0.25, -0.2) is 0 Å². The Labute approximate surface area is 129 Å². The number of nitro groups is 1. The molecule has 6 heteroatoms. The highest BCUT2D eigenvalue weighted by atomic mass is 16.6. The largest absolute Gasteiger partial charge is 0.375 e. The van der Waals surface area contributed by atoms with Crippen molar-refractivity contribution in [2.45, 2.75) is 32.4 Å². The van der Waals surface area contributed by atoms with Crippen molar-refractivity contribution in [2.75, 3.05) is 18.4 Å². The second-order valence-corrected chi connectivity index (χ2v) is 6.01. The van der Waals surface area contributed by atoms with Crippen LogP contribution in [0.1, 0.15) is 20.3 Å². The third kappa shape index (κ3) is 2.74. The van der Waals surface area contributed by atoms with E-state index in [2.05, 4.69) is 29.0 Å². The number of anilines is 1. The Balaban J connectivity index is 1.91. The van der Waals surface area contributed by atoms with Gasteiger partial charge >= 0.3 is 5.69 Å². The van der Waals surface area contributed by atoms with Crippen LogP contribution >= 0.6 is 0 Å². The van der Waals surface area contributed by atoms with Crippen LogP contribution in [-0.4, -0.2) is 40.0 Å². The van der Waals surface area contributed by atoms with Gasteiger partial charge in [0.2, 0.25) is 0 Å². The third-order valence-electron chi connectivity index (χ3n) is 4.25. The molecule has 1 atom stereocenters. The van der Waals surface area contributed by atoms with Crippen molar-refractivity contribution in [1.82, 2.24) is 9.88 Å². The Morgan fingerprint density at radius 1 is 1.41 bits per heavy atom. The summed E-state index contributed by atoms with van der Waals surface area (Å²) >= 11 is 0. The van der Waals surface area contributed by atoms with Gasteiger partial charge in [0.1, 0.15) is 5.69 Å². The maximum atomic E-state index is 11.5. The van der Waals surface area contributed by atoms with E-state index in [1.165, 1.54) is 0 Å². The summed E-state index contributed by atoms with van der Waals surface area (Å²) in [4.78, 5) is 17.8. The molecule has 1 aromatic heterocycles. The van der Waals surface area contributed by atoms with Crippen LogP contribution in [-0.2, 0) is 0 Å². The van der Waals surface area contributed by atoms with Gasteiger partial charge in [-0.1, -0.05) is 0 Å². The van der Waals surface area contributed by atoms with Crippen molar-refractivity contribution in [1.29, 1.82) is 0 Å². The fraction of sp³-hybridized carbons (Fsp3) is 0.438. The quantitative estimate of drug-likeness (QED) is 0.694. The van der Waals surface area contributed by atoms with Crippen LogP contribution in [0.3, 0.4) is 0 Å². The maximum absolute atomic E-state index is 11.5. The Bertz CT molecular complexity index is 702. The lowest BCUT2D eigenvalue weighted by Crippen LogP contribution is -2.31. The van der Waals surface area contributed by atoms with E-state index >= 15 is 0 Å². The van der Waals surface area contributed by atoms with E-state index in [9.17, 15) is 10.1 Å². The maximum Gasteiger partial charge on any atom is 0.301 e. The number of hydrogen-bond acceptors (Lipinski definition) is 5.